The third-order valence-corrected chi connectivity index (χ3v) is 4.83. The van der Waals surface area contributed by atoms with Crippen molar-refractivity contribution in [2.75, 3.05) is 7.11 Å². The molecule has 0 aliphatic heterocycles. The molecule has 2 aromatic heterocycles. The minimum Gasteiger partial charge on any atom is -0.496 e. The summed E-state index contributed by atoms with van der Waals surface area (Å²) in [4.78, 5) is 32.4. The molecule has 0 saturated heterocycles. The Kier molecular flexibility index (Phi) is 2.94. The molecule has 2 N–H and O–H groups in total. The summed E-state index contributed by atoms with van der Waals surface area (Å²) in [5.41, 5.74) is 2.52. The molecule has 126 valence electrons. The van der Waals surface area contributed by atoms with Gasteiger partial charge in [0.2, 0.25) is 5.43 Å². The number of methoxy groups -OCH3 is 1. The van der Waals surface area contributed by atoms with Crippen LogP contribution < -0.4 is 15.6 Å². The number of nitrogens with one attached hydrogen (secondary N) is 2. The molecule has 2 heterocycles. The van der Waals surface area contributed by atoms with Gasteiger partial charge in [-0.3, -0.25) is 9.59 Å². The smallest absolute Gasteiger partial charge is 0.201 e. The highest BCUT2D eigenvalue weighted by atomic mass is 16.5. The lowest BCUT2D eigenvalue weighted by Crippen LogP contribution is -2.08. The van der Waals surface area contributed by atoms with E-state index >= 15 is 0 Å². The molecular weight excluding hydrogens is 328 g/mol. The number of aromatic nitrogens is 2. The van der Waals surface area contributed by atoms with E-state index in [2.05, 4.69) is 9.97 Å². The molecule has 0 saturated carbocycles. The van der Waals surface area contributed by atoms with E-state index in [0.29, 0.717) is 43.8 Å². The molecule has 0 fully saturated rings. The maximum absolute atomic E-state index is 13.1. The van der Waals surface area contributed by atoms with E-state index in [4.69, 9.17) is 4.74 Å². The fourth-order valence-electron chi connectivity index (χ4n) is 3.58. The lowest BCUT2D eigenvalue weighted by atomic mass is 10.0. The van der Waals surface area contributed by atoms with Crippen LogP contribution in [-0.2, 0) is 0 Å². The largest absolute Gasteiger partial charge is 0.496 e. The third-order valence-electron chi connectivity index (χ3n) is 4.83. The lowest BCUT2D eigenvalue weighted by molar-refractivity contribution is 0.419. The molecule has 5 heteroatoms. The zero-order chi connectivity index (χ0) is 17.8. The van der Waals surface area contributed by atoms with Crippen molar-refractivity contribution < 1.29 is 4.74 Å². The summed E-state index contributed by atoms with van der Waals surface area (Å²) in [6.07, 6.45) is 0. The van der Waals surface area contributed by atoms with Crippen LogP contribution in [0.5, 0.6) is 5.75 Å². The maximum atomic E-state index is 13.1. The zero-order valence-electron chi connectivity index (χ0n) is 13.9. The van der Waals surface area contributed by atoms with Gasteiger partial charge in [-0.1, -0.05) is 18.2 Å². The monoisotopic (exact) mass is 342 g/mol. The van der Waals surface area contributed by atoms with Gasteiger partial charge in [-0.25, -0.2) is 0 Å². The first-order chi connectivity index (χ1) is 12.7. The number of hydrogen-bond donors (Lipinski definition) is 2. The van der Waals surface area contributed by atoms with Crippen molar-refractivity contribution in [3.05, 3.63) is 75.0 Å². The van der Waals surface area contributed by atoms with Gasteiger partial charge in [0.25, 0.3) is 0 Å². The second-order valence-corrected chi connectivity index (χ2v) is 6.28. The van der Waals surface area contributed by atoms with Crippen molar-refractivity contribution in [3.8, 4) is 5.75 Å². The topological polar surface area (TPSA) is 75.0 Å². The highest BCUT2D eigenvalue weighted by Gasteiger charge is 2.13. The van der Waals surface area contributed by atoms with Crippen molar-refractivity contribution in [2.45, 2.75) is 0 Å². The average molecular weight is 342 g/mol. The van der Waals surface area contributed by atoms with E-state index in [1.165, 1.54) is 0 Å². The average Bonchev–Trinajstić information content (AvgIpc) is 2.67. The number of hydrogen-bond acceptors (Lipinski definition) is 3. The Balaban J connectivity index is 2.01. The first-order valence-corrected chi connectivity index (χ1v) is 8.25. The normalized spacial score (nSPS) is 11.6. The first-order valence-electron chi connectivity index (χ1n) is 8.25. The molecule has 5 rings (SSSR count). The number of rotatable bonds is 1. The van der Waals surface area contributed by atoms with Crippen molar-refractivity contribution >= 4 is 43.6 Å². The molecule has 3 aromatic carbocycles. The van der Waals surface area contributed by atoms with E-state index in [0.717, 1.165) is 5.52 Å². The van der Waals surface area contributed by atoms with Crippen LogP contribution in [0.4, 0.5) is 0 Å². The van der Waals surface area contributed by atoms with E-state index < -0.39 is 0 Å². The van der Waals surface area contributed by atoms with Crippen LogP contribution in [0.2, 0.25) is 0 Å². The number of H-pyrrole nitrogens is 2. The fourth-order valence-corrected chi connectivity index (χ4v) is 3.58. The van der Waals surface area contributed by atoms with E-state index in [-0.39, 0.29) is 10.9 Å². The Bertz CT molecular complexity index is 1460. The molecule has 0 aliphatic rings. The number of ether oxygens (including phenoxy) is 1. The van der Waals surface area contributed by atoms with Gasteiger partial charge >= 0.3 is 0 Å². The quantitative estimate of drug-likeness (QED) is 0.456. The van der Waals surface area contributed by atoms with Gasteiger partial charge in [0, 0.05) is 21.7 Å². The molecule has 0 atom stereocenters. The SMILES string of the molecule is COc1cccc2[nH]c3cc4c(=O)c5ccccc5[nH]c4cc3c(=O)c12. The predicted octanol–water partition coefficient (Wildman–Crippen LogP) is 3.68. The van der Waals surface area contributed by atoms with Gasteiger partial charge in [-0.15, -0.1) is 0 Å². The van der Waals surface area contributed by atoms with Gasteiger partial charge in [-0.05, 0) is 36.4 Å². The van der Waals surface area contributed by atoms with Gasteiger partial charge in [-0.2, -0.15) is 0 Å². The van der Waals surface area contributed by atoms with E-state index in [9.17, 15) is 9.59 Å². The van der Waals surface area contributed by atoms with Crippen LogP contribution in [0.15, 0.2) is 64.2 Å². The highest BCUT2D eigenvalue weighted by molar-refractivity contribution is 6.03. The molecule has 0 aliphatic carbocycles. The molecule has 5 aromatic rings. The lowest BCUT2D eigenvalue weighted by Gasteiger charge is -2.08. The maximum Gasteiger partial charge on any atom is 0.201 e. The van der Waals surface area contributed by atoms with Gasteiger partial charge in [0.15, 0.2) is 5.43 Å². The second kappa shape index (κ2) is 5.20. The number of benzene rings is 3. The summed E-state index contributed by atoms with van der Waals surface area (Å²) in [5.74, 6) is 0.526. The standard InChI is InChI=1S/C21H14N2O3/c1-26-18-8-4-7-15-19(18)21(25)13-10-16-12(9-17(13)23-15)20(24)11-5-2-3-6-14(11)22-16/h2-10H,1H3,(H,22,24)(H,23,25). The summed E-state index contributed by atoms with van der Waals surface area (Å²) in [7, 11) is 1.54. The summed E-state index contributed by atoms with van der Waals surface area (Å²) in [5, 5.41) is 2.20. The Labute approximate surface area is 146 Å². The van der Waals surface area contributed by atoms with Crippen LogP contribution in [0.1, 0.15) is 0 Å². The van der Waals surface area contributed by atoms with Crippen molar-refractivity contribution in [3.63, 3.8) is 0 Å². The summed E-state index contributed by atoms with van der Waals surface area (Å²) in [6, 6.07) is 16.3. The van der Waals surface area contributed by atoms with E-state index in [1.807, 2.05) is 30.3 Å². The summed E-state index contributed by atoms with van der Waals surface area (Å²) >= 11 is 0. The molecule has 0 radical (unpaired) electrons. The van der Waals surface area contributed by atoms with Gasteiger partial charge in [0.1, 0.15) is 5.75 Å². The Hall–Kier alpha value is -3.60. The highest BCUT2D eigenvalue weighted by Crippen LogP contribution is 2.25. The van der Waals surface area contributed by atoms with Crippen LogP contribution in [-0.4, -0.2) is 17.1 Å². The minimum atomic E-state index is -0.123. The number of aromatic amines is 2. The zero-order valence-corrected chi connectivity index (χ0v) is 13.9. The molecular formula is C21H14N2O3. The Morgan fingerprint density at radius 1 is 0.692 bits per heavy atom. The molecule has 0 amide bonds. The second-order valence-electron chi connectivity index (χ2n) is 6.28. The van der Waals surface area contributed by atoms with Crippen molar-refractivity contribution in [1.29, 1.82) is 0 Å². The Morgan fingerprint density at radius 2 is 1.35 bits per heavy atom. The van der Waals surface area contributed by atoms with Crippen LogP contribution >= 0.6 is 0 Å². The third kappa shape index (κ3) is 1.91. The van der Waals surface area contributed by atoms with Crippen LogP contribution in [0.25, 0.3) is 43.6 Å². The predicted molar refractivity (Wildman–Crippen MR) is 104 cm³/mol. The van der Waals surface area contributed by atoms with Gasteiger partial charge < -0.3 is 14.7 Å². The molecule has 0 spiro atoms. The van der Waals surface area contributed by atoms with E-state index in [1.54, 1.807) is 31.4 Å². The Morgan fingerprint density at radius 3 is 2.12 bits per heavy atom. The van der Waals surface area contributed by atoms with Crippen molar-refractivity contribution in [2.24, 2.45) is 0 Å². The molecule has 0 bridgehead atoms. The summed E-state index contributed by atoms with van der Waals surface area (Å²) in [6.45, 7) is 0. The molecule has 26 heavy (non-hydrogen) atoms. The molecule has 0 unspecified atom stereocenters. The summed E-state index contributed by atoms with van der Waals surface area (Å²) < 4.78 is 5.34. The minimum absolute atomic E-state index is 0.0529. The van der Waals surface area contributed by atoms with Crippen LogP contribution in [0, 0.1) is 0 Å². The number of fused-ring (bicyclic) bond motifs is 4. The fraction of sp³-hybridized carbons (Fsp3) is 0.0476. The van der Waals surface area contributed by atoms with Crippen LogP contribution in [0.3, 0.4) is 0 Å². The first kappa shape index (κ1) is 14.7. The van der Waals surface area contributed by atoms with Gasteiger partial charge in [0.05, 0.1) is 29.0 Å². The van der Waals surface area contributed by atoms with Crippen molar-refractivity contribution in [1.82, 2.24) is 9.97 Å². The number of para-hydroxylation sites is 1. The molecule has 5 nitrogen and oxygen atoms in total. The number of pyridine rings is 2.